The van der Waals surface area contributed by atoms with Gasteiger partial charge in [-0.1, -0.05) is 165 Å². The Morgan fingerprint density at radius 3 is 1.78 bits per heavy atom. The molecular weight excluding hydrogens is 603 g/mol. The molecule has 50 heavy (non-hydrogen) atoms. The second-order valence-electron chi connectivity index (χ2n) is 12.8. The number of hydrogen-bond acceptors (Lipinski definition) is 1. The molecule has 8 aromatic rings. The molecule has 0 spiro atoms. The molecule has 0 unspecified atom stereocenters. The van der Waals surface area contributed by atoms with Crippen molar-refractivity contribution in [2.45, 2.75) is 19.3 Å². The summed E-state index contributed by atoms with van der Waals surface area (Å²) >= 11 is 0. The number of hydrogen-bond donors (Lipinski definition) is 0. The van der Waals surface area contributed by atoms with E-state index in [4.69, 9.17) is 12.3 Å². The molecule has 0 radical (unpaired) electrons. The van der Waals surface area contributed by atoms with Gasteiger partial charge in [-0.05, 0) is 103 Å². The van der Waals surface area contributed by atoms with Gasteiger partial charge in [0.1, 0.15) is 0 Å². The fourth-order valence-corrected chi connectivity index (χ4v) is 7.01. The van der Waals surface area contributed by atoms with E-state index < -0.39 is 106 Å². The highest BCUT2D eigenvalue weighted by Gasteiger charge is 2.35. The molecule has 1 aliphatic rings. The average Bonchev–Trinajstić information content (AvgIpc) is 3.52. The molecule has 8 aromatic carbocycles. The first-order valence-electron chi connectivity index (χ1n) is 22.9. The molecule has 0 saturated heterocycles. The third-order valence-electron chi connectivity index (χ3n) is 9.49. The van der Waals surface area contributed by atoms with Gasteiger partial charge >= 0.3 is 0 Å². The molecule has 1 nitrogen and oxygen atoms in total. The van der Waals surface area contributed by atoms with E-state index in [0.717, 1.165) is 44.2 Å². The summed E-state index contributed by atoms with van der Waals surface area (Å²) in [6.07, 6.45) is 0. The van der Waals surface area contributed by atoms with Crippen molar-refractivity contribution in [2.75, 3.05) is 4.90 Å². The van der Waals surface area contributed by atoms with Gasteiger partial charge in [-0.25, -0.2) is 0 Å². The second kappa shape index (κ2) is 12.1. The van der Waals surface area contributed by atoms with Crippen molar-refractivity contribution in [3.8, 4) is 44.5 Å². The van der Waals surface area contributed by atoms with Gasteiger partial charge in [-0.15, -0.1) is 0 Å². The van der Waals surface area contributed by atoms with E-state index in [-0.39, 0.29) is 5.69 Å². The van der Waals surface area contributed by atoms with Crippen molar-refractivity contribution in [1.29, 1.82) is 0 Å². The number of nitrogens with zero attached hydrogens (tertiary/aromatic N) is 1. The van der Waals surface area contributed by atoms with Crippen molar-refractivity contribution in [3.63, 3.8) is 0 Å². The van der Waals surface area contributed by atoms with Crippen molar-refractivity contribution in [2.24, 2.45) is 0 Å². The molecular formula is C49H37N. The van der Waals surface area contributed by atoms with E-state index >= 15 is 0 Å². The van der Waals surface area contributed by atoms with Gasteiger partial charge in [0.2, 0.25) is 0 Å². The van der Waals surface area contributed by atoms with Crippen LogP contribution in [0.1, 0.15) is 42.8 Å². The lowest BCUT2D eigenvalue weighted by Crippen LogP contribution is -2.16. The van der Waals surface area contributed by atoms with Crippen LogP contribution in [0.25, 0.3) is 55.3 Å². The Kier molecular flexibility index (Phi) is 4.61. The quantitative estimate of drug-likeness (QED) is 0.173. The lowest BCUT2D eigenvalue weighted by atomic mass is 9.82. The zero-order chi connectivity index (χ0) is 45.0. The molecule has 1 heteroatoms. The minimum atomic E-state index is -0.765. The first-order chi connectivity index (χ1) is 30.0. The maximum Gasteiger partial charge on any atom is 0.0645 e. The fraction of sp³-hybridized carbons (Fsp3) is 0.0612. The van der Waals surface area contributed by atoms with E-state index in [1.54, 1.807) is 4.90 Å². The van der Waals surface area contributed by atoms with Crippen LogP contribution in [0.15, 0.2) is 188 Å². The van der Waals surface area contributed by atoms with Crippen LogP contribution in [-0.4, -0.2) is 0 Å². The van der Waals surface area contributed by atoms with Crippen LogP contribution in [0.5, 0.6) is 0 Å². The highest BCUT2D eigenvalue weighted by Crippen LogP contribution is 2.50. The zero-order valence-electron chi connectivity index (χ0n) is 40.3. The predicted molar refractivity (Wildman–Crippen MR) is 213 cm³/mol. The Morgan fingerprint density at radius 1 is 0.420 bits per heavy atom. The maximum atomic E-state index is 9.61. The van der Waals surface area contributed by atoms with Crippen molar-refractivity contribution < 1.29 is 17.8 Å². The molecule has 1 aliphatic carbocycles. The summed E-state index contributed by atoms with van der Waals surface area (Å²) in [4.78, 5) is 1.69. The van der Waals surface area contributed by atoms with Gasteiger partial charge in [0.05, 0.1) is 17.8 Å². The van der Waals surface area contributed by atoms with Gasteiger partial charge < -0.3 is 4.90 Å². The SMILES string of the molecule is [2H]c1c([2H])c([2H])c(-c2c([2H])c([2H])c(-c3c([2H])c([2H])c(N(c4cccc(-c5cccc6ccccc56)c4)c4ccc5c(c4)C(C)(C)c4ccccc4-5)c([2H])c3[2H])c([2H])c2[2H])c([2H])c1[2H]. The number of rotatable bonds is 6. The topological polar surface area (TPSA) is 3.24 Å². The van der Waals surface area contributed by atoms with E-state index in [2.05, 4.69) is 26.0 Å². The zero-order valence-corrected chi connectivity index (χ0v) is 27.3. The van der Waals surface area contributed by atoms with Crippen LogP contribution in [0.4, 0.5) is 17.1 Å². The molecule has 0 heterocycles. The summed E-state index contributed by atoms with van der Waals surface area (Å²) in [7, 11) is 0. The van der Waals surface area contributed by atoms with Crippen LogP contribution in [0, 0.1) is 0 Å². The summed E-state index contributed by atoms with van der Waals surface area (Å²) in [6, 6.07) is 26.9. The van der Waals surface area contributed by atoms with Gasteiger partial charge in [0.25, 0.3) is 0 Å². The molecule has 0 atom stereocenters. The Bertz CT molecular complexity index is 3170. The Labute approximate surface area is 313 Å². The highest BCUT2D eigenvalue weighted by atomic mass is 15.1. The largest absolute Gasteiger partial charge is 0.310 e. The minimum Gasteiger partial charge on any atom is -0.310 e. The lowest BCUT2D eigenvalue weighted by Gasteiger charge is -2.28. The third-order valence-corrected chi connectivity index (χ3v) is 9.49. The van der Waals surface area contributed by atoms with Gasteiger partial charge in [-0.2, -0.15) is 0 Å². The van der Waals surface area contributed by atoms with Crippen molar-refractivity contribution in [1.82, 2.24) is 0 Å². The summed E-state index contributed by atoms with van der Waals surface area (Å²) < 4.78 is 115. The Balaban J connectivity index is 1.28. The summed E-state index contributed by atoms with van der Waals surface area (Å²) in [5.41, 5.74) is 4.58. The number of fused-ring (bicyclic) bond motifs is 4. The fourth-order valence-electron chi connectivity index (χ4n) is 7.01. The smallest absolute Gasteiger partial charge is 0.0645 e. The molecule has 0 aromatic heterocycles. The van der Waals surface area contributed by atoms with Gasteiger partial charge in [0.15, 0.2) is 0 Å². The normalized spacial score (nSPS) is 16.4. The van der Waals surface area contributed by atoms with Crippen LogP contribution < -0.4 is 4.90 Å². The summed E-state index contributed by atoms with van der Waals surface area (Å²) in [6.45, 7) is 4.27. The van der Waals surface area contributed by atoms with E-state index in [1.165, 1.54) is 0 Å². The van der Waals surface area contributed by atoms with Crippen LogP contribution in [0.2, 0.25) is 0 Å². The standard InChI is InChI=1S/C49H37N/c1-49(2)47-21-9-8-19-45(47)46-31-30-42(33-48(46)49)50(41-17-10-16-39(32-41)44-20-11-15-38-14-6-7-18-43(38)44)40-28-26-37(27-29-40)36-24-22-35(23-25-36)34-12-4-3-5-13-34/h3-33H,1-2H3/i3D,4D,5D,12D,13D,22D,23D,24D,25D,26D,27D,28D,29D. The first kappa shape index (κ1) is 19.1. The van der Waals surface area contributed by atoms with Crippen LogP contribution in [0.3, 0.4) is 0 Å². The van der Waals surface area contributed by atoms with Crippen molar-refractivity contribution >= 4 is 27.8 Å². The number of anilines is 3. The Morgan fingerprint density at radius 2 is 1.00 bits per heavy atom. The minimum absolute atomic E-state index is 0.108. The van der Waals surface area contributed by atoms with Crippen LogP contribution in [-0.2, 0) is 5.41 Å². The molecule has 0 N–H and O–H groups in total. The van der Waals surface area contributed by atoms with E-state index in [0.29, 0.717) is 11.4 Å². The maximum absolute atomic E-state index is 9.61. The second-order valence-corrected chi connectivity index (χ2v) is 12.8. The molecule has 0 saturated carbocycles. The van der Waals surface area contributed by atoms with E-state index in [9.17, 15) is 5.48 Å². The van der Waals surface area contributed by atoms with Gasteiger partial charge in [-0.3, -0.25) is 0 Å². The van der Waals surface area contributed by atoms with Gasteiger partial charge in [0, 0.05) is 22.5 Å². The summed E-state index contributed by atoms with van der Waals surface area (Å²) in [5, 5.41) is 2.07. The van der Waals surface area contributed by atoms with Crippen molar-refractivity contribution in [3.05, 3.63) is 199 Å². The Hall–Kier alpha value is -6.18. The summed E-state index contributed by atoms with van der Waals surface area (Å²) in [5.74, 6) is 0. The molecule has 238 valence electrons. The highest BCUT2D eigenvalue weighted by molar-refractivity contribution is 5.97. The van der Waals surface area contributed by atoms with Crippen LogP contribution >= 0.6 is 0 Å². The predicted octanol–water partition coefficient (Wildman–Crippen LogP) is 13.6. The third kappa shape index (κ3) is 5.11. The molecule has 0 amide bonds. The lowest BCUT2D eigenvalue weighted by molar-refractivity contribution is 0.660. The van der Waals surface area contributed by atoms with E-state index in [1.807, 2.05) is 97.1 Å². The monoisotopic (exact) mass is 652 g/mol. The number of benzene rings is 8. The molecule has 0 fully saturated rings. The average molecular weight is 653 g/mol. The molecule has 0 bridgehead atoms. The molecule has 9 rings (SSSR count). The first-order valence-corrected chi connectivity index (χ1v) is 16.4. The molecule has 0 aliphatic heterocycles.